The summed E-state index contributed by atoms with van der Waals surface area (Å²) in [6, 6.07) is 15.5. The van der Waals surface area contributed by atoms with Crippen LogP contribution >= 0.6 is 7.60 Å². The van der Waals surface area contributed by atoms with Crippen LogP contribution in [-0.4, -0.2) is 62.3 Å². The number of ether oxygens (including phenoxy) is 2. The van der Waals surface area contributed by atoms with E-state index < -0.39 is 7.60 Å². The summed E-state index contributed by atoms with van der Waals surface area (Å²) in [5.41, 5.74) is 3.33. The molecular weight excluding hydrogens is 509 g/mol. The van der Waals surface area contributed by atoms with Crippen LogP contribution in [0.1, 0.15) is 0 Å². The molecule has 0 saturated heterocycles. The Morgan fingerprint density at radius 1 is 0.816 bits per heavy atom. The number of nitrogens with zero attached hydrogens (tertiary/aromatic N) is 3. The summed E-state index contributed by atoms with van der Waals surface area (Å²) in [4.78, 5) is 28.9. The van der Waals surface area contributed by atoms with Gasteiger partial charge in [0.25, 0.3) is 0 Å². The van der Waals surface area contributed by atoms with Gasteiger partial charge in [-0.3, -0.25) is 4.57 Å². The van der Waals surface area contributed by atoms with Crippen LogP contribution in [0.4, 0.5) is 11.4 Å². The predicted octanol–water partition coefficient (Wildman–Crippen LogP) is 4.33. The maximum absolute atomic E-state index is 12.6. The molecule has 0 aliphatic rings. The lowest BCUT2D eigenvalue weighted by atomic mass is 10.0. The first-order valence-corrected chi connectivity index (χ1v) is 13.2. The molecule has 11 heteroatoms. The van der Waals surface area contributed by atoms with Crippen molar-refractivity contribution in [2.45, 2.75) is 0 Å². The van der Waals surface area contributed by atoms with Crippen LogP contribution in [0, 0.1) is 0 Å². The molecule has 3 aromatic carbocycles. The lowest BCUT2D eigenvalue weighted by Crippen LogP contribution is -2.14. The number of benzene rings is 3. The number of rotatable bonds is 8. The van der Waals surface area contributed by atoms with E-state index in [4.69, 9.17) is 18.9 Å². The molecule has 4 aromatic rings. The molecule has 3 N–H and O–H groups in total. The average molecular weight is 540 g/mol. The summed E-state index contributed by atoms with van der Waals surface area (Å²) in [5.74, 6) is 0.474. The van der Waals surface area contributed by atoms with Crippen molar-refractivity contribution >= 4 is 24.3 Å². The molecule has 0 aliphatic carbocycles. The number of oxazole rings is 1. The number of hydrogen-bond donors (Lipinski definition) is 3. The first kappa shape index (κ1) is 27.1. The van der Waals surface area contributed by atoms with Crippen molar-refractivity contribution in [2.24, 2.45) is 0 Å². The van der Waals surface area contributed by atoms with E-state index >= 15 is 0 Å². The third-order valence-corrected chi connectivity index (χ3v) is 7.06. The normalized spacial score (nSPS) is 11.4. The number of aromatic nitrogens is 1. The number of anilines is 2. The van der Waals surface area contributed by atoms with Crippen LogP contribution in [0.5, 0.6) is 17.2 Å². The number of aromatic hydroxyl groups is 1. The van der Waals surface area contributed by atoms with Gasteiger partial charge in [-0.15, -0.1) is 0 Å². The largest absolute Gasteiger partial charge is 0.502 e. The highest BCUT2D eigenvalue weighted by atomic mass is 31.2. The summed E-state index contributed by atoms with van der Waals surface area (Å²) in [7, 11) is 5.55. The van der Waals surface area contributed by atoms with Crippen molar-refractivity contribution in [3.8, 4) is 51.3 Å². The van der Waals surface area contributed by atoms with Gasteiger partial charge in [-0.05, 0) is 42.5 Å². The third kappa shape index (κ3) is 5.19. The van der Waals surface area contributed by atoms with Gasteiger partial charge in [0.05, 0.1) is 19.5 Å². The molecule has 0 aliphatic heterocycles. The minimum atomic E-state index is -4.71. The molecule has 0 fully saturated rings. The van der Waals surface area contributed by atoms with Crippen molar-refractivity contribution in [1.29, 1.82) is 0 Å². The zero-order chi connectivity index (χ0) is 27.8. The Balaban J connectivity index is 2.00. The molecule has 200 valence electrons. The van der Waals surface area contributed by atoms with Crippen LogP contribution in [0.3, 0.4) is 0 Å². The first-order chi connectivity index (χ1) is 17.9. The summed E-state index contributed by atoms with van der Waals surface area (Å²) in [6.45, 7) is 0. The summed E-state index contributed by atoms with van der Waals surface area (Å²) < 4.78 is 29.4. The van der Waals surface area contributed by atoms with Crippen molar-refractivity contribution in [3.05, 3.63) is 54.6 Å². The highest BCUT2D eigenvalue weighted by molar-refractivity contribution is 7.60. The minimum Gasteiger partial charge on any atom is -0.502 e. The number of hydrogen-bond acceptors (Lipinski definition) is 8. The Hall–Kier alpha value is -3.98. The monoisotopic (exact) mass is 539 g/mol. The van der Waals surface area contributed by atoms with Crippen LogP contribution < -0.4 is 24.6 Å². The second kappa shape index (κ2) is 10.4. The minimum absolute atomic E-state index is 0.150. The van der Waals surface area contributed by atoms with Crippen molar-refractivity contribution in [2.75, 3.05) is 52.2 Å². The van der Waals surface area contributed by atoms with Gasteiger partial charge in [0.2, 0.25) is 11.6 Å². The molecule has 0 bridgehead atoms. The Labute approximate surface area is 220 Å². The van der Waals surface area contributed by atoms with E-state index in [0.29, 0.717) is 22.5 Å². The highest BCUT2D eigenvalue weighted by Crippen LogP contribution is 2.45. The van der Waals surface area contributed by atoms with E-state index in [9.17, 15) is 19.5 Å². The summed E-state index contributed by atoms with van der Waals surface area (Å²) in [5, 5.41) is 10.2. The highest BCUT2D eigenvalue weighted by Gasteiger charge is 2.29. The molecule has 0 atom stereocenters. The number of methoxy groups -OCH3 is 2. The van der Waals surface area contributed by atoms with Gasteiger partial charge in [-0.1, -0.05) is 12.1 Å². The average Bonchev–Trinajstić information content (AvgIpc) is 3.33. The van der Waals surface area contributed by atoms with E-state index in [2.05, 4.69) is 0 Å². The Morgan fingerprint density at radius 2 is 1.37 bits per heavy atom. The quantitative estimate of drug-likeness (QED) is 0.278. The Kier molecular flexibility index (Phi) is 7.42. The SMILES string of the molecule is COc1cc(-c2nc(-c3ccc(N(C)C)cc3)c(-c3ccc(N(C)C)cc3P(=O)(O)O)o2)cc(OC)c1O. The van der Waals surface area contributed by atoms with Crippen LogP contribution in [0.15, 0.2) is 59.0 Å². The molecule has 4 rings (SSSR count). The zero-order valence-electron chi connectivity index (χ0n) is 22.0. The van der Waals surface area contributed by atoms with Crippen LogP contribution in [0.25, 0.3) is 34.0 Å². The maximum Gasteiger partial charge on any atom is 0.357 e. The van der Waals surface area contributed by atoms with E-state index in [1.807, 2.05) is 43.3 Å². The lowest BCUT2D eigenvalue weighted by molar-refractivity contribution is 0.340. The lowest BCUT2D eigenvalue weighted by Gasteiger charge is -2.17. The van der Waals surface area contributed by atoms with Crippen molar-refractivity contribution in [3.63, 3.8) is 0 Å². The molecular formula is C27H30N3O7P. The Morgan fingerprint density at radius 3 is 1.87 bits per heavy atom. The van der Waals surface area contributed by atoms with E-state index in [0.717, 1.165) is 5.69 Å². The topological polar surface area (TPSA) is 129 Å². The molecule has 0 amide bonds. The molecule has 0 spiro atoms. The molecule has 1 aromatic heterocycles. The van der Waals surface area contributed by atoms with Crippen molar-refractivity contribution < 1.29 is 33.3 Å². The van der Waals surface area contributed by atoms with Gasteiger partial charge >= 0.3 is 7.60 Å². The fourth-order valence-electron chi connectivity index (χ4n) is 3.99. The second-order valence-electron chi connectivity index (χ2n) is 9.01. The van der Waals surface area contributed by atoms with Gasteiger partial charge < -0.3 is 38.6 Å². The Bertz CT molecular complexity index is 1480. The van der Waals surface area contributed by atoms with Crippen molar-refractivity contribution in [1.82, 2.24) is 4.98 Å². The smallest absolute Gasteiger partial charge is 0.357 e. The molecule has 10 nitrogen and oxygen atoms in total. The summed E-state index contributed by atoms with van der Waals surface area (Å²) in [6.07, 6.45) is 0. The number of phenolic OH excluding ortho intramolecular Hbond substituents is 1. The van der Waals surface area contributed by atoms with Crippen LogP contribution in [0.2, 0.25) is 0 Å². The molecule has 0 saturated carbocycles. The predicted molar refractivity (Wildman–Crippen MR) is 148 cm³/mol. The molecule has 38 heavy (non-hydrogen) atoms. The fraction of sp³-hybridized carbons (Fsp3) is 0.222. The van der Waals surface area contributed by atoms with Gasteiger partial charge in [0.15, 0.2) is 17.3 Å². The van der Waals surface area contributed by atoms with Gasteiger partial charge in [-0.25, -0.2) is 4.98 Å². The zero-order valence-corrected chi connectivity index (χ0v) is 22.9. The van der Waals surface area contributed by atoms with E-state index in [1.165, 1.54) is 20.3 Å². The number of phenols is 1. The fourth-order valence-corrected chi connectivity index (χ4v) is 4.78. The summed E-state index contributed by atoms with van der Waals surface area (Å²) >= 11 is 0. The molecule has 0 unspecified atom stereocenters. The molecule has 0 radical (unpaired) electrons. The van der Waals surface area contributed by atoms with Gasteiger partial charge in [0, 0.05) is 56.3 Å². The second-order valence-corrected chi connectivity index (χ2v) is 10.6. The van der Waals surface area contributed by atoms with Gasteiger partial charge in [-0.2, -0.15) is 0 Å². The third-order valence-electron chi connectivity index (χ3n) is 6.07. The first-order valence-electron chi connectivity index (χ1n) is 11.6. The molecule has 1 heterocycles. The standard InChI is InChI=1S/C27H30N3O7P/c1-29(2)18-9-7-16(8-10-18)24-26(20-12-11-19(30(3)4)15-23(20)38(32,33)34)37-27(28-24)17-13-21(35-5)25(31)22(14-17)36-6/h7-15,31H,1-6H3,(H2,32,33,34). The maximum atomic E-state index is 12.6. The van der Waals surface area contributed by atoms with Gasteiger partial charge in [0.1, 0.15) is 5.69 Å². The van der Waals surface area contributed by atoms with E-state index in [-0.39, 0.29) is 39.8 Å². The van der Waals surface area contributed by atoms with Crippen LogP contribution in [-0.2, 0) is 4.57 Å². The van der Waals surface area contributed by atoms with E-state index in [1.54, 1.807) is 43.3 Å².